The zero-order valence-electron chi connectivity index (χ0n) is 13.1. The Morgan fingerprint density at radius 3 is 2.39 bits per heavy atom. The van der Waals surface area contributed by atoms with Crippen LogP contribution in [0.3, 0.4) is 0 Å². The maximum atomic E-state index is 12.2. The van der Waals surface area contributed by atoms with E-state index in [0.29, 0.717) is 18.9 Å². The van der Waals surface area contributed by atoms with Crippen molar-refractivity contribution >= 4 is 21.8 Å². The third-order valence-corrected chi connectivity index (χ3v) is 5.60. The minimum absolute atomic E-state index is 0.258. The highest BCUT2D eigenvalue weighted by atomic mass is 32.2. The largest absolute Gasteiger partial charge is 0.494 e. The Balaban J connectivity index is 1.77. The fourth-order valence-electron chi connectivity index (χ4n) is 1.98. The molecule has 2 aromatic rings. The van der Waals surface area contributed by atoms with Gasteiger partial charge in [-0.15, -0.1) is 0 Å². The summed E-state index contributed by atoms with van der Waals surface area (Å²) in [7, 11) is -3.46. The zero-order chi connectivity index (χ0) is 16.5. The number of ether oxygens (including phenoxy) is 1. The van der Waals surface area contributed by atoms with Crippen LogP contribution in [-0.4, -0.2) is 27.3 Å². The van der Waals surface area contributed by atoms with Gasteiger partial charge < -0.3 is 4.74 Å². The Morgan fingerprint density at radius 1 is 1.04 bits per heavy atom. The van der Waals surface area contributed by atoms with E-state index >= 15 is 0 Å². The van der Waals surface area contributed by atoms with E-state index in [1.165, 1.54) is 5.56 Å². The number of nitrogens with one attached hydrogen (secondary N) is 1. The van der Waals surface area contributed by atoms with Crippen molar-refractivity contribution in [2.45, 2.75) is 17.6 Å². The van der Waals surface area contributed by atoms with Gasteiger partial charge in [0.05, 0.1) is 11.5 Å². The molecule has 0 aliphatic heterocycles. The Bertz CT molecular complexity index is 686. The van der Waals surface area contributed by atoms with Crippen molar-refractivity contribution in [3.63, 3.8) is 0 Å². The standard InChI is InChI=1S/C17H21NO3S2/c1-2-21-16-8-10-17(11-9-16)23(19,20)18-12-13-22-14-15-6-4-3-5-7-15/h3-11,18H,2,12-14H2,1H3. The minimum atomic E-state index is -3.46. The van der Waals surface area contributed by atoms with Crippen LogP contribution >= 0.6 is 11.8 Å². The first-order valence-electron chi connectivity index (χ1n) is 7.46. The summed E-state index contributed by atoms with van der Waals surface area (Å²) in [5.41, 5.74) is 1.24. The molecule has 0 unspecified atom stereocenters. The quantitative estimate of drug-likeness (QED) is 0.704. The molecule has 1 N–H and O–H groups in total. The Hall–Kier alpha value is -1.50. The molecule has 2 rings (SSSR count). The first-order chi connectivity index (χ1) is 11.1. The molecule has 0 saturated carbocycles. The first-order valence-corrected chi connectivity index (χ1v) is 10.1. The molecule has 23 heavy (non-hydrogen) atoms. The zero-order valence-corrected chi connectivity index (χ0v) is 14.7. The second kappa shape index (κ2) is 8.96. The average molecular weight is 351 g/mol. The Labute approximate surface area is 142 Å². The third-order valence-electron chi connectivity index (χ3n) is 3.10. The number of thioether (sulfide) groups is 1. The van der Waals surface area contributed by atoms with Crippen molar-refractivity contribution in [1.29, 1.82) is 0 Å². The van der Waals surface area contributed by atoms with Gasteiger partial charge in [0.15, 0.2) is 0 Å². The van der Waals surface area contributed by atoms with Crippen LogP contribution in [0.4, 0.5) is 0 Å². The van der Waals surface area contributed by atoms with Crippen LogP contribution in [0.5, 0.6) is 5.75 Å². The monoisotopic (exact) mass is 351 g/mol. The molecule has 2 aromatic carbocycles. The number of hydrogen-bond donors (Lipinski definition) is 1. The van der Waals surface area contributed by atoms with E-state index in [4.69, 9.17) is 4.74 Å². The van der Waals surface area contributed by atoms with Gasteiger partial charge in [-0.25, -0.2) is 13.1 Å². The fourth-order valence-corrected chi connectivity index (χ4v) is 3.96. The summed E-state index contributed by atoms with van der Waals surface area (Å²) in [5, 5.41) is 0. The second-order valence-corrected chi connectivity index (χ2v) is 7.71. The van der Waals surface area contributed by atoms with E-state index in [1.54, 1.807) is 36.0 Å². The molecule has 0 aromatic heterocycles. The lowest BCUT2D eigenvalue weighted by atomic mass is 10.2. The molecule has 0 heterocycles. The van der Waals surface area contributed by atoms with Gasteiger partial charge in [-0.2, -0.15) is 11.8 Å². The van der Waals surface area contributed by atoms with Crippen molar-refractivity contribution in [3.8, 4) is 5.75 Å². The smallest absolute Gasteiger partial charge is 0.240 e. The molecule has 0 saturated heterocycles. The number of rotatable bonds is 9. The third kappa shape index (κ3) is 5.89. The molecule has 6 heteroatoms. The highest BCUT2D eigenvalue weighted by Gasteiger charge is 2.13. The van der Waals surface area contributed by atoms with Crippen LogP contribution in [0.2, 0.25) is 0 Å². The SMILES string of the molecule is CCOc1ccc(S(=O)(=O)NCCSCc2ccccc2)cc1. The topological polar surface area (TPSA) is 55.4 Å². The highest BCUT2D eigenvalue weighted by molar-refractivity contribution is 7.98. The van der Waals surface area contributed by atoms with E-state index in [2.05, 4.69) is 16.9 Å². The molecule has 0 amide bonds. The highest BCUT2D eigenvalue weighted by Crippen LogP contribution is 2.16. The molecule has 0 atom stereocenters. The number of sulfonamides is 1. The lowest BCUT2D eigenvalue weighted by molar-refractivity contribution is 0.340. The molecule has 0 aliphatic carbocycles. The fraction of sp³-hybridized carbons (Fsp3) is 0.294. The van der Waals surface area contributed by atoms with Crippen molar-refractivity contribution in [3.05, 3.63) is 60.2 Å². The van der Waals surface area contributed by atoms with Crippen LogP contribution < -0.4 is 9.46 Å². The maximum absolute atomic E-state index is 12.2. The Morgan fingerprint density at radius 2 is 1.74 bits per heavy atom. The first kappa shape index (κ1) is 17.8. The normalized spacial score (nSPS) is 11.3. The number of hydrogen-bond acceptors (Lipinski definition) is 4. The van der Waals surface area contributed by atoms with Gasteiger partial charge in [-0.05, 0) is 36.8 Å². The van der Waals surface area contributed by atoms with Crippen molar-refractivity contribution in [2.75, 3.05) is 18.9 Å². The van der Waals surface area contributed by atoms with Crippen LogP contribution in [0.1, 0.15) is 12.5 Å². The lowest BCUT2D eigenvalue weighted by Crippen LogP contribution is -2.26. The van der Waals surface area contributed by atoms with E-state index in [-0.39, 0.29) is 4.90 Å². The molecule has 0 spiro atoms. The van der Waals surface area contributed by atoms with Crippen LogP contribution in [0, 0.1) is 0 Å². The number of benzene rings is 2. The maximum Gasteiger partial charge on any atom is 0.240 e. The molecular formula is C17H21NO3S2. The van der Waals surface area contributed by atoms with Gasteiger partial charge >= 0.3 is 0 Å². The van der Waals surface area contributed by atoms with Gasteiger partial charge in [0.1, 0.15) is 5.75 Å². The van der Waals surface area contributed by atoms with Crippen molar-refractivity contribution in [1.82, 2.24) is 4.72 Å². The van der Waals surface area contributed by atoms with Gasteiger partial charge in [-0.3, -0.25) is 0 Å². The summed E-state index contributed by atoms with van der Waals surface area (Å²) in [6.07, 6.45) is 0. The molecule has 0 radical (unpaired) electrons. The molecule has 0 aliphatic rings. The Kier molecular flexibility index (Phi) is 6.95. The minimum Gasteiger partial charge on any atom is -0.494 e. The van der Waals surface area contributed by atoms with Gasteiger partial charge in [-0.1, -0.05) is 30.3 Å². The van der Waals surface area contributed by atoms with Gasteiger partial charge in [0.2, 0.25) is 10.0 Å². The van der Waals surface area contributed by atoms with E-state index in [0.717, 1.165) is 11.5 Å². The van der Waals surface area contributed by atoms with Crippen molar-refractivity contribution < 1.29 is 13.2 Å². The van der Waals surface area contributed by atoms with Crippen LogP contribution in [0.15, 0.2) is 59.5 Å². The van der Waals surface area contributed by atoms with Crippen LogP contribution in [-0.2, 0) is 15.8 Å². The molecule has 4 nitrogen and oxygen atoms in total. The molecular weight excluding hydrogens is 330 g/mol. The average Bonchev–Trinajstić information content (AvgIpc) is 2.56. The van der Waals surface area contributed by atoms with E-state index in [1.807, 2.05) is 25.1 Å². The molecule has 0 fully saturated rings. The molecule has 124 valence electrons. The molecule has 0 bridgehead atoms. The summed E-state index contributed by atoms with van der Waals surface area (Å²) in [5.74, 6) is 2.28. The second-order valence-electron chi connectivity index (χ2n) is 4.84. The van der Waals surface area contributed by atoms with Crippen LogP contribution in [0.25, 0.3) is 0 Å². The summed E-state index contributed by atoms with van der Waals surface area (Å²) in [6.45, 7) is 2.86. The van der Waals surface area contributed by atoms with Gasteiger partial charge in [0, 0.05) is 18.1 Å². The summed E-state index contributed by atoms with van der Waals surface area (Å²) >= 11 is 1.70. The predicted octanol–water partition coefficient (Wildman–Crippen LogP) is 3.30. The summed E-state index contributed by atoms with van der Waals surface area (Å²) in [4.78, 5) is 0.258. The van der Waals surface area contributed by atoms with Gasteiger partial charge in [0.25, 0.3) is 0 Å². The predicted molar refractivity (Wildman–Crippen MR) is 95.4 cm³/mol. The lowest BCUT2D eigenvalue weighted by Gasteiger charge is -2.08. The summed E-state index contributed by atoms with van der Waals surface area (Å²) in [6, 6.07) is 16.6. The van der Waals surface area contributed by atoms with E-state index in [9.17, 15) is 8.42 Å². The van der Waals surface area contributed by atoms with E-state index < -0.39 is 10.0 Å². The summed E-state index contributed by atoms with van der Waals surface area (Å²) < 4.78 is 32.3. The van der Waals surface area contributed by atoms with Crippen molar-refractivity contribution in [2.24, 2.45) is 0 Å².